The molecule has 14 nitrogen and oxygen atoms in total. The van der Waals surface area contributed by atoms with Crippen molar-refractivity contribution >= 4 is 53.1 Å². The van der Waals surface area contributed by atoms with Gasteiger partial charge in [0.2, 0.25) is 23.6 Å². The molecule has 3 saturated heterocycles. The zero-order chi connectivity index (χ0) is 42.9. The standard InChI is InChI=1S/C38H53F3N6O5S2.C2H5NO2/c1-3-13-45-23-31(28-18-27(39)8-9-29(28)40)44-37(45)36(25-10-15-52-16-11-25)47(22-26-20-42-21-30(26)41)35(50)24-54-17-12-43-33(48)7-5-4-6-14-46-34(49)19-32(53-2)38(46)51;3-1-2(4)5/h8-9,18,23,25-26,30,32,36,42H,3-7,10-17,19-22,24H2,1-2H3,(H,43,48);1,3H2,(H,4,5). The summed E-state index contributed by atoms with van der Waals surface area (Å²) in [7, 11) is 0. The number of imide groups is 1. The van der Waals surface area contributed by atoms with E-state index in [2.05, 4.69) is 16.4 Å². The van der Waals surface area contributed by atoms with Crippen molar-refractivity contribution in [3.05, 3.63) is 41.9 Å². The number of benzene rings is 1. The third-order valence-corrected chi connectivity index (χ3v) is 12.4. The predicted molar refractivity (Wildman–Crippen MR) is 221 cm³/mol. The molecule has 328 valence electrons. The number of carboxylic acids is 1. The monoisotopic (exact) mass is 869 g/mol. The molecule has 59 heavy (non-hydrogen) atoms. The van der Waals surface area contributed by atoms with Crippen LogP contribution in [0.3, 0.4) is 0 Å². The number of unbranched alkanes of at least 4 members (excludes halogenated alkanes) is 2. The molecule has 4 amide bonds. The lowest BCUT2D eigenvalue weighted by molar-refractivity contribution is -0.138. The molecule has 2 aromatic rings. The van der Waals surface area contributed by atoms with Gasteiger partial charge >= 0.3 is 5.97 Å². The van der Waals surface area contributed by atoms with Gasteiger partial charge in [-0.15, -0.1) is 0 Å². The topological polar surface area (TPSA) is 189 Å². The number of aromatic nitrogens is 2. The Morgan fingerprint density at radius 3 is 2.53 bits per heavy atom. The number of nitrogens with two attached hydrogens (primary N) is 1. The number of rotatable bonds is 21. The van der Waals surface area contributed by atoms with Crippen LogP contribution in [0.5, 0.6) is 0 Å². The number of nitrogens with one attached hydrogen (secondary N) is 2. The second-order valence-corrected chi connectivity index (χ2v) is 16.9. The van der Waals surface area contributed by atoms with Gasteiger partial charge in [-0.2, -0.15) is 23.5 Å². The van der Waals surface area contributed by atoms with Gasteiger partial charge in [-0.3, -0.25) is 28.9 Å². The molecule has 4 heterocycles. The van der Waals surface area contributed by atoms with Crippen molar-refractivity contribution < 1.29 is 47.0 Å². The summed E-state index contributed by atoms with van der Waals surface area (Å²) < 4.78 is 52.0. The smallest absolute Gasteiger partial charge is 0.317 e. The van der Waals surface area contributed by atoms with Gasteiger partial charge in [0.25, 0.3) is 0 Å². The van der Waals surface area contributed by atoms with Gasteiger partial charge in [-0.1, -0.05) is 13.3 Å². The molecule has 0 saturated carbocycles. The van der Waals surface area contributed by atoms with E-state index < -0.39 is 35.7 Å². The summed E-state index contributed by atoms with van der Waals surface area (Å²) in [6.07, 6.45) is 7.05. The van der Waals surface area contributed by atoms with Crippen LogP contribution in [0.15, 0.2) is 24.4 Å². The van der Waals surface area contributed by atoms with Gasteiger partial charge in [-0.05, 0) is 62.5 Å². The molecule has 3 aliphatic heterocycles. The number of imidazole rings is 1. The van der Waals surface area contributed by atoms with Crippen LogP contribution in [0.2, 0.25) is 0 Å². The fourth-order valence-corrected chi connectivity index (χ4v) is 8.82. The average molecular weight is 870 g/mol. The van der Waals surface area contributed by atoms with Crippen LogP contribution in [0, 0.1) is 23.5 Å². The van der Waals surface area contributed by atoms with E-state index in [-0.39, 0.29) is 77.9 Å². The molecule has 1 aromatic carbocycles. The van der Waals surface area contributed by atoms with Crippen LogP contribution in [0.1, 0.15) is 70.2 Å². The average Bonchev–Trinajstić information content (AvgIpc) is 3.91. The molecular formula is C40H58F3N7O7S2. The lowest BCUT2D eigenvalue weighted by Crippen LogP contribution is -2.46. The van der Waals surface area contributed by atoms with Crippen LogP contribution in [0.4, 0.5) is 13.2 Å². The Labute approximate surface area is 352 Å². The van der Waals surface area contributed by atoms with Crippen molar-refractivity contribution in [3.63, 3.8) is 0 Å². The van der Waals surface area contributed by atoms with Gasteiger partial charge in [-0.25, -0.2) is 18.2 Å². The number of halogens is 3. The first kappa shape index (κ1) is 48.0. The number of likely N-dealkylation sites (tertiary alicyclic amines) is 1. The molecule has 4 atom stereocenters. The third kappa shape index (κ3) is 14.2. The summed E-state index contributed by atoms with van der Waals surface area (Å²) in [6, 6.07) is 2.72. The van der Waals surface area contributed by atoms with E-state index in [4.69, 9.17) is 14.8 Å². The SMILES string of the molecule is CCCn1cc(-c2cc(F)ccc2F)nc1C(C1CCOCC1)N(CC1CNCC1F)C(=O)CSCCNC(=O)CCCCCN1C(=O)CC(SC)C1=O.NCC(=O)O. The molecule has 0 spiro atoms. The fraction of sp³-hybridized carbons (Fsp3) is 0.650. The Morgan fingerprint density at radius 1 is 1.14 bits per heavy atom. The van der Waals surface area contributed by atoms with Crippen LogP contribution in [0.25, 0.3) is 11.3 Å². The minimum Gasteiger partial charge on any atom is -0.480 e. The van der Waals surface area contributed by atoms with Crippen LogP contribution >= 0.6 is 23.5 Å². The van der Waals surface area contributed by atoms with Crippen molar-refractivity contribution in [2.45, 2.75) is 82.3 Å². The predicted octanol–water partition coefficient (Wildman–Crippen LogP) is 4.02. The van der Waals surface area contributed by atoms with E-state index in [1.165, 1.54) is 28.4 Å². The molecule has 3 fully saturated rings. The zero-order valence-corrected chi connectivity index (χ0v) is 35.5. The Morgan fingerprint density at radius 2 is 1.88 bits per heavy atom. The highest BCUT2D eigenvalue weighted by Crippen LogP contribution is 2.38. The van der Waals surface area contributed by atoms with Crippen molar-refractivity contribution in [1.82, 2.24) is 30.0 Å². The molecule has 0 bridgehead atoms. The van der Waals surface area contributed by atoms with Gasteiger partial charge in [0.15, 0.2) is 0 Å². The van der Waals surface area contributed by atoms with E-state index in [0.29, 0.717) is 89.5 Å². The van der Waals surface area contributed by atoms with Crippen molar-refractivity contribution in [2.75, 3.05) is 70.2 Å². The summed E-state index contributed by atoms with van der Waals surface area (Å²) >= 11 is 2.78. The minimum atomic E-state index is -1.12. The number of amides is 4. The van der Waals surface area contributed by atoms with E-state index >= 15 is 4.39 Å². The molecule has 19 heteroatoms. The zero-order valence-electron chi connectivity index (χ0n) is 33.8. The highest BCUT2D eigenvalue weighted by molar-refractivity contribution is 8.00. The molecule has 0 radical (unpaired) electrons. The Hall–Kier alpha value is -3.65. The van der Waals surface area contributed by atoms with E-state index in [9.17, 15) is 32.8 Å². The molecule has 5 N–H and O–H groups in total. The van der Waals surface area contributed by atoms with Gasteiger partial charge < -0.3 is 35.7 Å². The number of hydrogen-bond acceptors (Lipinski definition) is 11. The summed E-state index contributed by atoms with van der Waals surface area (Å²) in [5.41, 5.74) is 4.88. The number of aliphatic carboxylic acids is 1. The van der Waals surface area contributed by atoms with Crippen LogP contribution in [-0.4, -0.2) is 136 Å². The van der Waals surface area contributed by atoms with Crippen molar-refractivity contribution in [3.8, 4) is 11.3 Å². The molecule has 0 aliphatic carbocycles. The molecule has 5 rings (SSSR count). The number of carbonyl (C=O) groups excluding carboxylic acids is 4. The summed E-state index contributed by atoms with van der Waals surface area (Å²) in [5.74, 6) is -1.98. The van der Waals surface area contributed by atoms with Gasteiger partial charge in [0.1, 0.15) is 23.6 Å². The maximum Gasteiger partial charge on any atom is 0.317 e. The highest BCUT2D eigenvalue weighted by atomic mass is 32.2. The number of carbonyl (C=O) groups is 5. The van der Waals surface area contributed by atoms with Crippen molar-refractivity contribution in [1.29, 1.82) is 0 Å². The molecule has 4 unspecified atom stereocenters. The minimum absolute atomic E-state index is 0.0375. The molecule has 3 aliphatic rings. The number of nitrogens with zero attached hydrogens (tertiary/aromatic N) is 4. The number of aryl methyl sites for hydroxylation is 1. The van der Waals surface area contributed by atoms with E-state index in [0.717, 1.165) is 24.6 Å². The number of alkyl halides is 1. The number of thioether (sulfide) groups is 2. The largest absolute Gasteiger partial charge is 0.480 e. The number of ether oxygens (including phenoxy) is 1. The number of hydrogen-bond donors (Lipinski definition) is 4. The van der Waals surface area contributed by atoms with E-state index in [1.54, 1.807) is 11.1 Å². The summed E-state index contributed by atoms with van der Waals surface area (Å²) in [4.78, 5) is 68.4. The van der Waals surface area contributed by atoms with Gasteiger partial charge in [0.05, 0.1) is 29.3 Å². The lowest BCUT2D eigenvalue weighted by atomic mass is 9.88. The van der Waals surface area contributed by atoms with Gasteiger partial charge in [0, 0.05) is 88.8 Å². The fourth-order valence-electron chi connectivity index (χ4n) is 7.45. The third-order valence-electron chi connectivity index (χ3n) is 10.5. The quantitative estimate of drug-likeness (QED) is 0.104. The molecule has 1 aromatic heterocycles. The first-order chi connectivity index (χ1) is 28.4. The first-order valence-corrected chi connectivity index (χ1v) is 22.7. The highest BCUT2D eigenvalue weighted by Gasteiger charge is 2.40. The lowest BCUT2D eigenvalue weighted by Gasteiger charge is -2.40. The summed E-state index contributed by atoms with van der Waals surface area (Å²) in [5, 5.41) is 13.3. The maximum atomic E-state index is 15.1. The number of carboxylic acid groups (broad SMARTS) is 1. The Balaban J connectivity index is 0.00000145. The Bertz CT molecular complexity index is 1720. The van der Waals surface area contributed by atoms with Crippen LogP contribution < -0.4 is 16.4 Å². The van der Waals surface area contributed by atoms with Crippen LogP contribution in [-0.2, 0) is 35.3 Å². The normalized spacial score (nSPS) is 20.0. The second-order valence-electron chi connectivity index (χ2n) is 14.8. The molecular weight excluding hydrogens is 812 g/mol. The summed E-state index contributed by atoms with van der Waals surface area (Å²) in [6.45, 7) is 4.85. The first-order valence-electron chi connectivity index (χ1n) is 20.3. The second kappa shape index (κ2) is 24.6. The maximum absolute atomic E-state index is 15.1. The van der Waals surface area contributed by atoms with Crippen molar-refractivity contribution in [2.24, 2.45) is 17.6 Å². The Kier molecular flexibility index (Phi) is 20.0. The van der Waals surface area contributed by atoms with E-state index in [1.807, 2.05) is 17.7 Å².